The standard InChI is InChI=1S/C18H28N2O3/c1-5-13(3)15(17(22)19-12-18(4,23)6-2)20-16(21)14-10-8-7-9-11-14/h7-11,13,15,23H,5-6,12H2,1-4H3,(H,19,22)(H,20,21)/t13-,15-,18+/m0/s1. The molecule has 0 aliphatic carbocycles. The van der Waals surface area contributed by atoms with Gasteiger partial charge in [-0.05, 0) is 31.4 Å². The van der Waals surface area contributed by atoms with Crippen molar-refractivity contribution in [1.29, 1.82) is 0 Å². The van der Waals surface area contributed by atoms with Crippen molar-refractivity contribution in [3.63, 3.8) is 0 Å². The summed E-state index contributed by atoms with van der Waals surface area (Å²) in [6.45, 7) is 7.59. The molecule has 128 valence electrons. The van der Waals surface area contributed by atoms with Gasteiger partial charge in [-0.15, -0.1) is 0 Å². The molecule has 0 bridgehead atoms. The van der Waals surface area contributed by atoms with Crippen molar-refractivity contribution in [3.05, 3.63) is 35.9 Å². The number of carbonyl (C=O) groups is 2. The molecule has 3 atom stereocenters. The predicted molar refractivity (Wildman–Crippen MR) is 91.1 cm³/mol. The molecule has 0 saturated carbocycles. The third-order valence-corrected chi connectivity index (χ3v) is 4.22. The Hall–Kier alpha value is -1.88. The maximum absolute atomic E-state index is 12.4. The Morgan fingerprint density at radius 2 is 1.83 bits per heavy atom. The van der Waals surface area contributed by atoms with Crippen molar-refractivity contribution in [2.24, 2.45) is 5.92 Å². The molecule has 2 amide bonds. The van der Waals surface area contributed by atoms with Gasteiger partial charge in [0.05, 0.1) is 5.60 Å². The molecule has 0 fully saturated rings. The first kappa shape index (κ1) is 19.2. The largest absolute Gasteiger partial charge is 0.388 e. The van der Waals surface area contributed by atoms with Crippen LogP contribution in [0.25, 0.3) is 0 Å². The molecular formula is C18H28N2O3. The molecule has 0 aromatic heterocycles. The number of aliphatic hydroxyl groups is 1. The first-order chi connectivity index (χ1) is 10.8. The summed E-state index contributed by atoms with van der Waals surface area (Å²) in [6, 6.07) is 8.20. The number of amides is 2. The van der Waals surface area contributed by atoms with Gasteiger partial charge >= 0.3 is 0 Å². The Bertz CT molecular complexity index is 514. The lowest BCUT2D eigenvalue weighted by Gasteiger charge is -2.27. The lowest BCUT2D eigenvalue weighted by atomic mass is 9.97. The monoisotopic (exact) mass is 320 g/mol. The summed E-state index contributed by atoms with van der Waals surface area (Å²) in [6.07, 6.45) is 1.30. The summed E-state index contributed by atoms with van der Waals surface area (Å²) in [5.74, 6) is -0.542. The van der Waals surface area contributed by atoms with Gasteiger partial charge in [0.15, 0.2) is 0 Å². The molecule has 0 unspecified atom stereocenters. The Kier molecular flexibility index (Phi) is 7.23. The fraction of sp³-hybridized carbons (Fsp3) is 0.556. The van der Waals surface area contributed by atoms with Crippen molar-refractivity contribution < 1.29 is 14.7 Å². The zero-order valence-corrected chi connectivity index (χ0v) is 14.4. The van der Waals surface area contributed by atoms with Crippen LogP contribution >= 0.6 is 0 Å². The molecule has 1 aromatic rings. The van der Waals surface area contributed by atoms with Crippen LogP contribution in [0.2, 0.25) is 0 Å². The maximum Gasteiger partial charge on any atom is 0.251 e. The Morgan fingerprint density at radius 3 is 2.35 bits per heavy atom. The summed E-state index contributed by atoms with van der Waals surface area (Å²) >= 11 is 0. The summed E-state index contributed by atoms with van der Waals surface area (Å²) in [4.78, 5) is 24.7. The predicted octanol–water partition coefficient (Wildman–Crippen LogP) is 2.11. The molecule has 1 aromatic carbocycles. The molecule has 23 heavy (non-hydrogen) atoms. The van der Waals surface area contributed by atoms with Gasteiger partial charge in [-0.1, -0.05) is 45.4 Å². The van der Waals surface area contributed by atoms with Gasteiger partial charge in [0.1, 0.15) is 6.04 Å². The zero-order chi connectivity index (χ0) is 17.5. The van der Waals surface area contributed by atoms with Crippen LogP contribution in [0.15, 0.2) is 30.3 Å². The minimum Gasteiger partial charge on any atom is -0.388 e. The van der Waals surface area contributed by atoms with Crippen molar-refractivity contribution >= 4 is 11.8 Å². The average molecular weight is 320 g/mol. The van der Waals surface area contributed by atoms with Crippen molar-refractivity contribution in [3.8, 4) is 0 Å². The van der Waals surface area contributed by atoms with Gasteiger partial charge in [-0.2, -0.15) is 0 Å². The van der Waals surface area contributed by atoms with Gasteiger partial charge in [-0.3, -0.25) is 9.59 Å². The molecule has 5 heteroatoms. The second-order valence-corrected chi connectivity index (χ2v) is 6.27. The first-order valence-corrected chi connectivity index (χ1v) is 8.16. The Balaban J connectivity index is 2.76. The van der Waals surface area contributed by atoms with E-state index < -0.39 is 11.6 Å². The van der Waals surface area contributed by atoms with E-state index in [1.165, 1.54) is 0 Å². The van der Waals surface area contributed by atoms with Crippen molar-refractivity contribution in [2.75, 3.05) is 6.54 Å². The number of hydrogen-bond donors (Lipinski definition) is 3. The number of hydrogen-bond acceptors (Lipinski definition) is 3. The Morgan fingerprint density at radius 1 is 1.22 bits per heavy atom. The van der Waals surface area contributed by atoms with Crippen LogP contribution in [0.1, 0.15) is 50.9 Å². The zero-order valence-electron chi connectivity index (χ0n) is 14.4. The molecule has 0 aliphatic heterocycles. The minimum absolute atomic E-state index is 0.00534. The van der Waals surface area contributed by atoms with Crippen LogP contribution in [0, 0.1) is 5.92 Å². The summed E-state index contributed by atoms with van der Waals surface area (Å²) < 4.78 is 0. The van der Waals surface area contributed by atoms with Crippen LogP contribution in [0.3, 0.4) is 0 Å². The van der Waals surface area contributed by atoms with E-state index in [2.05, 4.69) is 10.6 Å². The van der Waals surface area contributed by atoms with E-state index in [0.29, 0.717) is 12.0 Å². The molecule has 0 heterocycles. The highest BCUT2D eigenvalue weighted by molar-refractivity contribution is 5.97. The second kappa shape index (κ2) is 8.67. The molecule has 3 N–H and O–H groups in total. The average Bonchev–Trinajstić information content (AvgIpc) is 2.57. The van der Waals surface area contributed by atoms with E-state index in [9.17, 15) is 14.7 Å². The molecule has 5 nitrogen and oxygen atoms in total. The highest BCUT2D eigenvalue weighted by Gasteiger charge is 2.28. The van der Waals surface area contributed by atoms with Crippen LogP contribution in [-0.2, 0) is 4.79 Å². The van der Waals surface area contributed by atoms with E-state index in [-0.39, 0.29) is 24.3 Å². The van der Waals surface area contributed by atoms with E-state index in [4.69, 9.17) is 0 Å². The van der Waals surface area contributed by atoms with Gasteiger partial charge in [0.2, 0.25) is 5.91 Å². The fourth-order valence-corrected chi connectivity index (χ4v) is 2.03. The maximum atomic E-state index is 12.4. The van der Waals surface area contributed by atoms with E-state index in [0.717, 1.165) is 6.42 Å². The molecular weight excluding hydrogens is 292 g/mol. The first-order valence-electron chi connectivity index (χ1n) is 8.16. The van der Waals surface area contributed by atoms with Gasteiger partial charge in [-0.25, -0.2) is 0 Å². The normalized spacial score (nSPS) is 16.0. The minimum atomic E-state index is -0.945. The van der Waals surface area contributed by atoms with Crippen LogP contribution in [0.5, 0.6) is 0 Å². The van der Waals surface area contributed by atoms with Crippen LogP contribution < -0.4 is 10.6 Å². The summed E-state index contributed by atoms with van der Waals surface area (Å²) in [7, 11) is 0. The molecule has 0 spiro atoms. The summed E-state index contributed by atoms with van der Waals surface area (Å²) in [5, 5.41) is 15.6. The number of nitrogens with one attached hydrogen (secondary N) is 2. The molecule has 0 radical (unpaired) electrons. The lowest BCUT2D eigenvalue weighted by molar-refractivity contribution is -0.125. The number of rotatable bonds is 8. The van der Waals surface area contributed by atoms with Crippen LogP contribution in [0.4, 0.5) is 0 Å². The number of carbonyl (C=O) groups excluding carboxylic acids is 2. The topological polar surface area (TPSA) is 78.4 Å². The third kappa shape index (κ3) is 6.02. The third-order valence-electron chi connectivity index (χ3n) is 4.22. The van der Waals surface area contributed by atoms with E-state index >= 15 is 0 Å². The lowest BCUT2D eigenvalue weighted by Crippen LogP contribution is -2.52. The molecule has 0 aliphatic rings. The van der Waals surface area contributed by atoms with Gasteiger partial charge in [0, 0.05) is 12.1 Å². The van der Waals surface area contributed by atoms with Crippen molar-refractivity contribution in [2.45, 2.75) is 52.2 Å². The van der Waals surface area contributed by atoms with Gasteiger partial charge in [0.25, 0.3) is 5.91 Å². The second-order valence-electron chi connectivity index (χ2n) is 6.27. The quantitative estimate of drug-likeness (QED) is 0.686. The highest BCUT2D eigenvalue weighted by atomic mass is 16.3. The van der Waals surface area contributed by atoms with Crippen LogP contribution in [-0.4, -0.2) is 35.1 Å². The smallest absolute Gasteiger partial charge is 0.251 e. The van der Waals surface area contributed by atoms with Crippen molar-refractivity contribution in [1.82, 2.24) is 10.6 Å². The molecule has 0 saturated heterocycles. The van der Waals surface area contributed by atoms with E-state index in [1.807, 2.05) is 26.8 Å². The SMILES string of the molecule is CC[C@H](C)[C@H](NC(=O)c1ccccc1)C(=O)NC[C@](C)(O)CC. The van der Waals surface area contributed by atoms with Gasteiger partial charge < -0.3 is 15.7 Å². The summed E-state index contributed by atoms with van der Waals surface area (Å²) in [5.41, 5.74) is -0.423. The highest BCUT2D eigenvalue weighted by Crippen LogP contribution is 2.11. The van der Waals surface area contributed by atoms with E-state index in [1.54, 1.807) is 31.2 Å². The fourth-order valence-electron chi connectivity index (χ4n) is 2.03. The molecule has 1 rings (SSSR count). The Labute approximate surface area is 138 Å². The number of benzene rings is 1.